The van der Waals surface area contributed by atoms with Crippen LogP contribution in [0.25, 0.3) is 0 Å². The van der Waals surface area contributed by atoms with Gasteiger partial charge in [0, 0.05) is 25.0 Å². The number of nitrogens with one attached hydrogen (secondary N) is 1. The van der Waals surface area contributed by atoms with Gasteiger partial charge in [-0.05, 0) is 50.8 Å². The Labute approximate surface area is 237 Å². The van der Waals surface area contributed by atoms with Crippen molar-refractivity contribution in [2.45, 2.75) is 76.0 Å². The van der Waals surface area contributed by atoms with Crippen molar-refractivity contribution in [2.24, 2.45) is 22.6 Å². The third kappa shape index (κ3) is 6.78. The predicted octanol–water partition coefficient (Wildman–Crippen LogP) is 3.84. The molecular formula is C29H35F3N4O5. The number of methoxy groups -OCH3 is 1. The zero-order valence-electron chi connectivity index (χ0n) is 23.5. The second-order valence-electron chi connectivity index (χ2n) is 11.2. The second-order valence-corrected chi connectivity index (χ2v) is 11.2. The van der Waals surface area contributed by atoms with Crippen LogP contribution in [-0.2, 0) is 14.3 Å². The summed E-state index contributed by atoms with van der Waals surface area (Å²) in [5.74, 6) is 1.23. The minimum absolute atomic E-state index is 0.00326. The molecule has 1 aromatic rings. The maximum Gasteiger partial charge on any atom is 0.573 e. The van der Waals surface area contributed by atoms with E-state index in [1.165, 1.54) is 30.2 Å². The van der Waals surface area contributed by atoms with E-state index in [9.17, 15) is 22.8 Å². The van der Waals surface area contributed by atoms with Crippen LogP contribution in [0.2, 0.25) is 0 Å². The highest BCUT2D eigenvalue weighted by Crippen LogP contribution is 2.47. The molecule has 1 aliphatic carbocycles. The SMILES string of the molecule is C#C[C@@]1(CC)CC(=O)N(C(/C=C/COC)[C@@H]2C[C@H]2C(=O)NC2CC(C)(C)Oc3ccc(OC(F)(F)F)cc32)C(N)=N1. The van der Waals surface area contributed by atoms with Crippen LogP contribution in [0.3, 0.4) is 0 Å². The van der Waals surface area contributed by atoms with Crippen molar-refractivity contribution >= 4 is 17.8 Å². The highest BCUT2D eigenvalue weighted by atomic mass is 19.4. The number of fused-ring (bicyclic) bond motifs is 1. The second kappa shape index (κ2) is 11.3. The van der Waals surface area contributed by atoms with E-state index in [-0.39, 0.29) is 30.1 Å². The number of hydrogen-bond acceptors (Lipinski definition) is 7. The van der Waals surface area contributed by atoms with E-state index in [4.69, 9.17) is 21.6 Å². The topological polar surface area (TPSA) is 115 Å². The molecule has 2 heterocycles. The highest BCUT2D eigenvalue weighted by molar-refractivity contribution is 6.00. The molecule has 0 bridgehead atoms. The van der Waals surface area contributed by atoms with Crippen LogP contribution in [0.5, 0.6) is 11.5 Å². The number of carbonyl (C=O) groups excluding carboxylic acids is 2. The van der Waals surface area contributed by atoms with Gasteiger partial charge in [-0.3, -0.25) is 14.5 Å². The van der Waals surface area contributed by atoms with E-state index in [2.05, 4.69) is 21.0 Å². The lowest BCUT2D eigenvalue weighted by Gasteiger charge is -2.38. The lowest BCUT2D eigenvalue weighted by Crippen LogP contribution is -2.55. The number of nitrogens with zero attached hydrogens (tertiary/aromatic N) is 2. The van der Waals surface area contributed by atoms with Crippen LogP contribution < -0.4 is 20.5 Å². The molecule has 0 radical (unpaired) electrons. The van der Waals surface area contributed by atoms with Crippen LogP contribution in [0.4, 0.5) is 13.2 Å². The fourth-order valence-electron chi connectivity index (χ4n) is 5.53. The smallest absolute Gasteiger partial charge is 0.487 e. The van der Waals surface area contributed by atoms with Crippen molar-refractivity contribution in [3.8, 4) is 23.8 Å². The summed E-state index contributed by atoms with van der Waals surface area (Å²) >= 11 is 0. The Balaban J connectivity index is 1.56. The zero-order valence-corrected chi connectivity index (χ0v) is 23.5. The summed E-state index contributed by atoms with van der Waals surface area (Å²) in [5, 5.41) is 3.00. The summed E-state index contributed by atoms with van der Waals surface area (Å²) in [6.45, 7) is 5.80. The average molecular weight is 577 g/mol. The molecule has 0 aromatic heterocycles. The molecule has 0 spiro atoms. The minimum Gasteiger partial charge on any atom is -0.487 e. The first-order valence-electron chi connectivity index (χ1n) is 13.4. The van der Waals surface area contributed by atoms with E-state index < -0.39 is 41.3 Å². The Hall–Kier alpha value is -3.72. The first-order chi connectivity index (χ1) is 19.2. The van der Waals surface area contributed by atoms with Gasteiger partial charge in [0.2, 0.25) is 11.8 Å². The quantitative estimate of drug-likeness (QED) is 0.341. The molecule has 1 fully saturated rings. The van der Waals surface area contributed by atoms with Gasteiger partial charge in [0.1, 0.15) is 22.6 Å². The van der Waals surface area contributed by atoms with Crippen molar-refractivity contribution in [3.05, 3.63) is 35.9 Å². The molecule has 1 saturated carbocycles. The summed E-state index contributed by atoms with van der Waals surface area (Å²) in [6, 6.07) is 2.64. The van der Waals surface area contributed by atoms with Crippen molar-refractivity contribution in [2.75, 3.05) is 13.7 Å². The summed E-state index contributed by atoms with van der Waals surface area (Å²) < 4.78 is 53.7. The lowest BCUT2D eigenvalue weighted by molar-refractivity contribution is -0.274. The summed E-state index contributed by atoms with van der Waals surface area (Å²) in [6.07, 6.45) is 5.58. The van der Waals surface area contributed by atoms with Gasteiger partial charge in [-0.1, -0.05) is 25.0 Å². The molecule has 2 unspecified atom stereocenters. The van der Waals surface area contributed by atoms with Crippen molar-refractivity contribution < 1.29 is 37.0 Å². The number of benzene rings is 1. The molecular weight excluding hydrogens is 541 g/mol. The summed E-state index contributed by atoms with van der Waals surface area (Å²) in [5.41, 5.74) is 4.97. The van der Waals surface area contributed by atoms with Gasteiger partial charge in [-0.15, -0.1) is 19.6 Å². The van der Waals surface area contributed by atoms with Gasteiger partial charge in [0.15, 0.2) is 5.96 Å². The first kappa shape index (κ1) is 30.2. The Kier molecular flexibility index (Phi) is 8.32. The molecule has 12 heteroatoms. The van der Waals surface area contributed by atoms with Gasteiger partial charge in [0.25, 0.3) is 0 Å². The number of ether oxygens (including phenoxy) is 3. The van der Waals surface area contributed by atoms with Crippen LogP contribution in [0.15, 0.2) is 35.3 Å². The van der Waals surface area contributed by atoms with E-state index in [1.807, 2.05) is 20.8 Å². The molecule has 5 atom stereocenters. The molecule has 3 N–H and O–H groups in total. The minimum atomic E-state index is -4.86. The highest BCUT2D eigenvalue weighted by Gasteiger charge is 2.52. The fraction of sp³-hybridized carbons (Fsp3) is 0.552. The van der Waals surface area contributed by atoms with E-state index in [0.717, 1.165) is 0 Å². The maximum atomic E-state index is 13.5. The van der Waals surface area contributed by atoms with E-state index in [0.29, 0.717) is 37.2 Å². The van der Waals surface area contributed by atoms with Crippen molar-refractivity contribution in [3.63, 3.8) is 0 Å². The number of amides is 2. The average Bonchev–Trinajstić information content (AvgIpc) is 3.67. The first-order valence-corrected chi connectivity index (χ1v) is 13.4. The number of alkyl halides is 3. The van der Waals surface area contributed by atoms with Gasteiger partial charge in [0.05, 0.1) is 25.1 Å². The third-order valence-corrected chi connectivity index (χ3v) is 7.64. The number of halogens is 3. The molecule has 4 rings (SSSR count). The van der Waals surface area contributed by atoms with Gasteiger partial charge in [-0.2, -0.15) is 0 Å². The molecule has 2 aliphatic heterocycles. The van der Waals surface area contributed by atoms with Crippen LogP contribution in [-0.4, -0.2) is 59.9 Å². The number of guanidine groups is 1. The third-order valence-electron chi connectivity index (χ3n) is 7.64. The number of terminal acetylenes is 1. The van der Waals surface area contributed by atoms with Crippen molar-refractivity contribution in [1.82, 2.24) is 10.2 Å². The summed E-state index contributed by atoms with van der Waals surface area (Å²) in [7, 11) is 1.54. The van der Waals surface area contributed by atoms with Crippen LogP contribution in [0, 0.1) is 24.2 Å². The molecule has 3 aliphatic rings. The Morgan fingerprint density at radius 2 is 2.15 bits per heavy atom. The van der Waals surface area contributed by atoms with E-state index >= 15 is 0 Å². The van der Waals surface area contributed by atoms with Gasteiger partial charge >= 0.3 is 6.36 Å². The lowest BCUT2D eigenvalue weighted by atomic mass is 9.89. The van der Waals surface area contributed by atoms with Crippen molar-refractivity contribution in [1.29, 1.82) is 0 Å². The van der Waals surface area contributed by atoms with Crippen LogP contribution >= 0.6 is 0 Å². The zero-order chi connectivity index (χ0) is 30.2. The predicted molar refractivity (Wildman–Crippen MR) is 145 cm³/mol. The largest absolute Gasteiger partial charge is 0.573 e. The maximum absolute atomic E-state index is 13.5. The number of rotatable bonds is 9. The van der Waals surface area contributed by atoms with Gasteiger partial charge < -0.3 is 25.3 Å². The normalized spacial score (nSPS) is 27.8. The standard InChI is InChI=1S/C29H35F3N4O5/c1-6-28(7-2)16-24(37)36(26(33)35-28)22(9-8-12-39-5)18-14-19(18)25(38)34-21-15-27(3,4)41-23-11-10-17(13-20(21)23)40-29(30,31)32/h1,8-11,13,18-19,21-22H,7,12,14-16H2,2-5H3,(H2,33,35)(H,34,38)/b9-8+/t18-,19-,21?,22?,28-/m1/s1. The molecule has 41 heavy (non-hydrogen) atoms. The van der Waals surface area contributed by atoms with Gasteiger partial charge in [-0.25, -0.2) is 4.99 Å². The molecule has 2 amide bonds. The molecule has 9 nitrogen and oxygen atoms in total. The molecule has 1 aromatic carbocycles. The number of hydrogen-bond donors (Lipinski definition) is 2. The fourth-order valence-corrected chi connectivity index (χ4v) is 5.53. The van der Waals surface area contributed by atoms with Crippen LogP contribution in [0.1, 0.15) is 58.1 Å². The molecule has 222 valence electrons. The van der Waals surface area contributed by atoms with E-state index in [1.54, 1.807) is 12.2 Å². The number of nitrogens with two attached hydrogens (primary N) is 1. The monoisotopic (exact) mass is 576 g/mol. The summed E-state index contributed by atoms with van der Waals surface area (Å²) in [4.78, 5) is 32.6. The number of carbonyl (C=O) groups is 2. The Bertz CT molecular complexity index is 1290. The Morgan fingerprint density at radius 3 is 2.76 bits per heavy atom. The Morgan fingerprint density at radius 1 is 1.41 bits per heavy atom. The molecule has 0 saturated heterocycles. The number of aliphatic imine (C=N–C) groups is 1.